The third-order valence-electron chi connectivity index (χ3n) is 5.65. The second-order valence-electron chi connectivity index (χ2n) is 6.94. The largest absolute Gasteiger partial charge is 0.311 e. The number of hydrogen-bond acceptors (Lipinski definition) is 2. The number of benzene rings is 1. The molecular weight excluding hydrogens is 244 g/mol. The van der Waals surface area contributed by atoms with E-state index in [9.17, 15) is 0 Å². The van der Waals surface area contributed by atoms with Crippen LogP contribution in [0.3, 0.4) is 0 Å². The number of nitrogens with zero attached hydrogens (tertiary/aromatic N) is 1. The Kier molecular flexibility index (Phi) is 3.31. The zero-order valence-electron chi connectivity index (χ0n) is 12.5. The van der Waals surface area contributed by atoms with E-state index in [1.165, 1.54) is 45.2 Å². The molecule has 0 amide bonds. The first-order valence-corrected chi connectivity index (χ1v) is 8.41. The molecule has 1 aromatic carbocycles. The molecule has 1 saturated carbocycles. The molecule has 2 aliphatic carbocycles. The molecule has 1 heterocycles. The third-order valence-corrected chi connectivity index (χ3v) is 5.65. The molecule has 2 heteroatoms. The van der Waals surface area contributed by atoms with Crippen LogP contribution in [0, 0.1) is 5.92 Å². The molecule has 20 heavy (non-hydrogen) atoms. The molecule has 1 saturated heterocycles. The first kappa shape index (κ1) is 12.8. The summed E-state index contributed by atoms with van der Waals surface area (Å²) in [5.41, 5.74) is 3.18. The molecule has 2 atom stereocenters. The summed E-state index contributed by atoms with van der Waals surface area (Å²) in [6, 6.07) is 11.3. The number of hydrogen-bond donors (Lipinski definition) is 1. The van der Waals surface area contributed by atoms with Crippen LogP contribution in [-0.2, 0) is 12.8 Å². The summed E-state index contributed by atoms with van der Waals surface area (Å²) < 4.78 is 0. The normalized spacial score (nSPS) is 31.4. The highest BCUT2D eigenvalue weighted by Gasteiger charge is 2.40. The fourth-order valence-electron chi connectivity index (χ4n) is 4.26. The highest BCUT2D eigenvalue weighted by atomic mass is 15.3. The van der Waals surface area contributed by atoms with Gasteiger partial charge in [0.05, 0.1) is 0 Å². The van der Waals surface area contributed by atoms with Crippen LogP contribution < -0.4 is 5.32 Å². The fourth-order valence-corrected chi connectivity index (χ4v) is 4.26. The van der Waals surface area contributed by atoms with E-state index in [0.29, 0.717) is 0 Å². The Hall–Kier alpha value is -0.860. The molecule has 1 aromatic rings. The maximum atomic E-state index is 3.81. The van der Waals surface area contributed by atoms with Crippen molar-refractivity contribution in [2.45, 2.75) is 57.2 Å². The standard InChI is InChI=1S/C18H26N2/c1-2-16-11-19-18(13-7-8-13)12-20(16)17-9-14-5-3-4-6-15(14)10-17/h3-6,13,16-19H,2,7-12H2,1H3. The lowest BCUT2D eigenvalue weighted by atomic mass is 10.00. The summed E-state index contributed by atoms with van der Waals surface area (Å²) in [7, 11) is 0. The monoisotopic (exact) mass is 270 g/mol. The Balaban J connectivity index is 1.50. The molecule has 1 aliphatic heterocycles. The van der Waals surface area contributed by atoms with Crippen LogP contribution in [0.1, 0.15) is 37.3 Å². The van der Waals surface area contributed by atoms with Gasteiger partial charge in [-0.05, 0) is 49.1 Å². The van der Waals surface area contributed by atoms with Gasteiger partial charge in [0.15, 0.2) is 0 Å². The summed E-state index contributed by atoms with van der Waals surface area (Å²) >= 11 is 0. The molecule has 3 aliphatic rings. The van der Waals surface area contributed by atoms with Crippen LogP contribution in [0.2, 0.25) is 0 Å². The SMILES string of the molecule is CCC1CNC(C2CC2)CN1C1Cc2ccccc2C1. The van der Waals surface area contributed by atoms with E-state index in [0.717, 1.165) is 24.0 Å². The summed E-state index contributed by atoms with van der Waals surface area (Å²) in [4.78, 5) is 2.85. The van der Waals surface area contributed by atoms with Gasteiger partial charge in [0.1, 0.15) is 0 Å². The summed E-state index contributed by atoms with van der Waals surface area (Å²) in [6.07, 6.45) is 6.71. The Labute approximate surface area is 122 Å². The maximum absolute atomic E-state index is 3.81. The van der Waals surface area contributed by atoms with Crippen LogP contribution in [-0.4, -0.2) is 36.1 Å². The second-order valence-corrected chi connectivity index (χ2v) is 6.94. The molecule has 0 radical (unpaired) electrons. The molecule has 108 valence electrons. The van der Waals surface area contributed by atoms with Crippen LogP contribution in [0.5, 0.6) is 0 Å². The van der Waals surface area contributed by atoms with Crippen molar-refractivity contribution in [2.75, 3.05) is 13.1 Å². The van der Waals surface area contributed by atoms with Gasteiger partial charge in [0, 0.05) is 31.2 Å². The molecule has 2 nitrogen and oxygen atoms in total. The van der Waals surface area contributed by atoms with Gasteiger partial charge in [-0.3, -0.25) is 4.90 Å². The average molecular weight is 270 g/mol. The summed E-state index contributed by atoms with van der Waals surface area (Å²) in [5, 5.41) is 3.81. The highest BCUT2D eigenvalue weighted by Crippen LogP contribution is 2.36. The van der Waals surface area contributed by atoms with Crippen molar-refractivity contribution in [3.63, 3.8) is 0 Å². The first-order valence-electron chi connectivity index (χ1n) is 8.41. The zero-order valence-corrected chi connectivity index (χ0v) is 12.5. The van der Waals surface area contributed by atoms with E-state index in [1.54, 1.807) is 11.1 Å². The van der Waals surface area contributed by atoms with Gasteiger partial charge in [-0.2, -0.15) is 0 Å². The van der Waals surface area contributed by atoms with Gasteiger partial charge < -0.3 is 5.32 Å². The van der Waals surface area contributed by atoms with Crippen molar-refractivity contribution in [3.05, 3.63) is 35.4 Å². The molecule has 1 N–H and O–H groups in total. The highest BCUT2D eigenvalue weighted by molar-refractivity contribution is 5.33. The minimum absolute atomic E-state index is 0.740. The quantitative estimate of drug-likeness (QED) is 0.908. The van der Waals surface area contributed by atoms with Crippen molar-refractivity contribution in [1.29, 1.82) is 0 Å². The van der Waals surface area contributed by atoms with Crippen LogP contribution in [0.25, 0.3) is 0 Å². The van der Waals surface area contributed by atoms with Gasteiger partial charge in [-0.25, -0.2) is 0 Å². The van der Waals surface area contributed by atoms with Crippen LogP contribution in [0.4, 0.5) is 0 Å². The van der Waals surface area contributed by atoms with Gasteiger partial charge in [-0.1, -0.05) is 31.2 Å². The van der Waals surface area contributed by atoms with Crippen LogP contribution in [0.15, 0.2) is 24.3 Å². The first-order chi connectivity index (χ1) is 9.85. The predicted molar refractivity (Wildman–Crippen MR) is 82.9 cm³/mol. The Morgan fingerprint density at radius 3 is 2.45 bits per heavy atom. The summed E-state index contributed by atoms with van der Waals surface area (Å²) in [6.45, 7) is 4.82. The van der Waals surface area contributed by atoms with Gasteiger partial charge >= 0.3 is 0 Å². The molecule has 2 unspecified atom stereocenters. The van der Waals surface area contributed by atoms with Crippen molar-refractivity contribution in [1.82, 2.24) is 10.2 Å². The lowest BCUT2D eigenvalue weighted by molar-refractivity contribution is 0.0770. The Morgan fingerprint density at radius 1 is 1.15 bits per heavy atom. The molecular formula is C18H26N2. The second kappa shape index (κ2) is 5.16. The zero-order chi connectivity index (χ0) is 13.5. The predicted octanol–water partition coefficient (Wildman–Crippen LogP) is 2.62. The molecule has 0 aromatic heterocycles. The lowest BCUT2D eigenvalue weighted by Gasteiger charge is -2.43. The number of nitrogens with one attached hydrogen (secondary N) is 1. The number of rotatable bonds is 3. The van der Waals surface area contributed by atoms with Crippen LogP contribution >= 0.6 is 0 Å². The molecule has 2 fully saturated rings. The van der Waals surface area contributed by atoms with E-state index in [-0.39, 0.29) is 0 Å². The molecule has 0 spiro atoms. The smallest absolute Gasteiger partial charge is 0.0224 e. The van der Waals surface area contributed by atoms with Crippen molar-refractivity contribution in [2.24, 2.45) is 5.92 Å². The third kappa shape index (κ3) is 2.29. The van der Waals surface area contributed by atoms with Gasteiger partial charge in [0.25, 0.3) is 0 Å². The van der Waals surface area contributed by atoms with Gasteiger partial charge in [0.2, 0.25) is 0 Å². The molecule has 4 rings (SSSR count). The summed E-state index contributed by atoms with van der Waals surface area (Å²) in [5.74, 6) is 0.971. The lowest BCUT2D eigenvalue weighted by Crippen LogP contribution is -2.60. The molecule has 0 bridgehead atoms. The van der Waals surface area contributed by atoms with E-state index in [2.05, 4.69) is 41.4 Å². The van der Waals surface area contributed by atoms with Gasteiger partial charge in [-0.15, -0.1) is 0 Å². The number of piperazine rings is 1. The number of fused-ring (bicyclic) bond motifs is 1. The Morgan fingerprint density at radius 2 is 1.85 bits per heavy atom. The van der Waals surface area contributed by atoms with Crippen molar-refractivity contribution < 1.29 is 0 Å². The van der Waals surface area contributed by atoms with E-state index < -0.39 is 0 Å². The van der Waals surface area contributed by atoms with E-state index in [1.807, 2.05) is 0 Å². The fraction of sp³-hybridized carbons (Fsp3) is 0.667. The minimum atomic E-state index is 0.740. The van der Waals surface area contributed by atoms with Crippen molar-refractivity contribution >= 4 is 0 Å². The maximum Gasteiger partial charge on any atom is 0.0224 e. The van der Waals surface area contributed by atoms with E-state index >= 15 is 0 Å². The average Bonchev–Trinajstić information content (AvgIpc) is 3.25. The topological polar surface area (TPSA) is 15.3 Å². The minimum Gasteiger partial charge on any atom is -0.311 e. The van der Waals surface area contributed by atoms with E-state index in [4.69, 9.17) is 0 Å². The Bertz CT molecular complexity index is 455. The van der Waals surface area contributed by atoms with Crippen molar-refractivity contribution in [3.8, 4) is 0 Å².